The molecule has 0 aromatic heterocycles. The van der Waals surface area contributed by atoms with E-state index in [9.17, 15) is 36.0 Å². The van der Waals surface area contributed by atoms with Gasteiger partial charge in [-0.05, 0) is 36.4 Å². The number of sulfonamides is 1. The van der Waals surface area contributed by atoms with Crippen molar-refractivity contribution in [3.8, 4) is 17.2 Å². The largest absolute Gasteiger partial charge is 0.573 e. The van der Waals surface area contributed by atoms with E-state index in [4.69, 9.17) is 26.8 Å². The molecule has 0 saturated carbocycles. The molecular formula is C29H28ClF3N4O8S. The monoisotopic (exact) mass is 684 g/mol. The van der Waals surface area contributed by atoms with Gasteiger partial charge >= 0.3 is 6.36 Å². The third-order valence-corrected chi connectivity index (χ3v) is 9.00. The quantitative estimate of drug-likeness (QED) is 0.310. The summed E-state index contributed by atoms with van der Waals surface area (Å²) in [6.45, 7) is 0. The molecule has 1 heterocycles. The van der Waals surface area contributed by atoms with Gasteiger partial charge in [0, 0.05) is 36.3 Å². The smallest absolute Gasteiger partial charge is 0.497 e. The Kier molecular flexibility index (Phi) is 9.47. The number of nitrogens with two attached hydrogens (primary N) is 1. The molecule has 2 atom stereocenters. The van der Waals surface area contributed by atoms with E-state index in [0.717, 1.165) is 24.1 Å². The molecular weight excluding hydrogens is 657 g/mol. The number of primary amides is 1. The summed E-state index contributed by atoms with van der Waals surface area (Å²) < 4.78 is 83.8. The van der Waals surface area contributed by atoms with Crippen LogP contribution in [0, 0.1) is 0 Å². The number of amides is 3. The van der Waals surface area contributed by atoms with Crippen molar-refractivity contribution >= 4 is 45.0 Å². The molecule has 17 heteroatoms. The number of rotatable bonds is 11. The number of likely N-dealkylation sites (N-methyl/N-ethyl adjacent to an activating group) is 1. The number of para-hydroxylation sites is 1. The highest BCUT2D eigenvalue weighted by Gasteiger charge is 2.59. The third kappa shape index (κ3) is 6.27. The second kappa shape index (κ2) is 12.7. The zero-order valence-electron chi connectivity index (χ0n) is 24.7. The molecule has 3 aromatic rings. The minimum Gasteiger partial charge on any atom is -0.497 e. The molecule has 0 fully saturated rings. The van der Waals surface area contributed by atoms with Gasteiger partial charge in [0.2, 0.25) is 11.8 Å². The number of carbonyl (C=O) groups excluding carboxylic acids is 3. The van der Waals surface area contributed by atoms with Crippen LogP contribution in [0.1, 0.15) is 17.5 Å². The maximum Gasteiger partial charge on any atom is 0.573 e. The number of fused-ring (bicyclic) bond motifs is 1. The zero-order valence-corrected chi connectivity index (χ0v) is 26.3. The highest BCUT2D eigenvalue weighted by molar-refractivity contribution is 7.93. The van der Waals surface area contributed by atoms with E-state index in [0.29, 0.717) is 6.07 Å². The van der Waals surface area contributed by atoms with Gasteiger partial charge in [-0.2, -0.15) is 0 Å². The Hall–Kier alpha value is -4.54. The molecule has 0 aliphatic carbocycles. The molecule has 1 aliphatic heterocycles. The second-order valence-electron chi connectivity index (χ2n) is 10.1. The van der Waals surface area contributed by atoms with E-state index < -0.39 is 62.8 Å². The highest BCUT2D eigenvalue weighted by atomic mass is 35.5. The van der Waals surface area contributed by atoms with Crippen molar-refractivity contribution in [2.45, 2.75) is 29.3 Å². The maximum atomic E-state index is 14.9. The Morgan fingerprint density at radius 2 is 1.70 bits per heavy atom. The first-order valence-corrected chi connectivity index (χ1v) is 15.0. The van der Waals surface area contributed by atoms with Crippen LogP contribution < -0.4 is 29.6 Å². The van der Waals surface area contributed by atoms with Gasteiger partial charge in [0.1, 0.15) is 16.4 Å². The fourth-order valence-corrected chi connectivity index (χ4v) is 6.88. The first-order valence-electron chi connectivity index (χ1n) is 13.2. The van der Waals surface area contributed by atoms with Crippen molar-refractivity contribution in [3.05, 3.63) is 76.8 Å². The molecule has 3 amide bonds. The van der Waals surface area contributed by atoms with Crippen LogP contribution >= 0.6 is 11.6 Å². The van der Waals surface area contributed by atoms with Gasteiger partial charge in [0.15, 0.2) is 11.3 Å². The summed E-state index contributed by atoms with van der Waals surface area (Å²) >= 11 is 6.36. The molecule has 0 radical (unpaired) electrons. The summed E-state index contributed by atoms with van der Waals surface area (Å²) in [5.41, 5.74) is 2.68. The van der Waals surface area contributed by atoms with Gasteiger partial charge in [-0.25, -0.2) is 12.7 Å². The standard InChI is InChI=1S/C29H28ClF3N4O8S/c1-36(2)26(39)20(15-25(34)38)35-28(18-7-5-6-8-22(18)44-4)19-13-16(30)9-11-21(19)37(27(28)40)46(41,42)24-12-10-17(43-3)14-23(24)45-29(31,32)33/h5-14,20,35H,15H2,1-4H3,(H2,34,38)/t20-,28?/m0/s1. The molecule has 0 spiro atoms. The van der Waals surface area contributed by atoms with Crippen LogP contribution in [-0.4, -0.2) is 71.8 Å². The predicted molar refractivity (Wildman–Crippen MR) is 159 cm³/mol. The van der Waals surface area contributed by atoms with Gasteiger partial charge in [-0.15, -0.1) is 13.2 Å². The molecule has 12 nitrogen and oxygen atoms in total. The maximum absolute atomic E-state index is 14.9. The van der Waals surface area contributed by atoms with Crippen molar-refractivity contribution in [2.24, 2.45) is 5.73 Å². The normalized spacial score (nSPS) is 16.9. The average molecular weight is 685 g/mol. The average Bonchev–Trinajstić information content (AvgIpc) is 3.22. The van der Waals surface area contributed by atoms with E-state index in [1.54, 1.807) is 6.07 Å². The molecule has 4 rings (SSSR count). The first-order chi connectivity index (χ1) is 21.5. The fraction of sp³-hybridized carbons (Fsp3) is 0.276. The zero-order chi connectivity index (χ0) is 34.2. The molecule has 0 bridgehead atoms. The summed E-state index contributed by atoms with van der Waals surface area (Å²) in [6, 6.07) is 10.7. The molecule has 1 aliphatic rings. The van der Waals surface area contributed by atoms with Crippen molar-refractivity contribution in [1.82, 2.24) is 10.2 Å². The summed E-state index contributed by atoms with van der Waals surface area (Å²) in [6.07, 6.45) is -5.96. The summed E-state index contributed by atoms with van der Waals surface area (Å²) in [5.74, 6) is -4.22. The number of alkyl halides is 3. The number of nitrogens with zero attached hydrogens (tertiary/aromatic N) is 2. The van der Waals surface area contributed by atoms with Crippen molar-refractivity contribution in [2.75, 3.05) is 32.6 Å². The topological polar surface area (TPSA) is 158 Å². The van der Waals surface area contributed by atoms with E-state index in [2.05, 4.69) is 10.1 Å². The van der Waals surface area contributed by atoms with Crippen LogP contribution in [0.2, 0.25) is 5.02 Å². The number of nitrogens with one attached hydrogen (secondary N) is 1. The Bertz CT molecular complexity index is 1810. The molecule has 0 saturated heterocycles. The number of hydrogen-bond donors (Lipinski definition) is 2. The minimum atomic E-state index is -5.33. The minimum absolute atomic E-state index is 0.00811. The van der Waals surface area contributed by atoms with Crippen molar-refractivity contribution in [3.63, 3.8) is 0 Å². The van der Waals surface area contributed by atoms with Gasteiger partial charge in [-0.1, -0.05) is 29.8 Å². The van der Waals surface area contributed by atoms with E-state index in [-0.39, 0.29) is 37.6 Å². The van der Waals surface area contributed by atoms with Crippen LogP contribution in [0.3, 0.4) is 0 Å². The molecule has 246 valence electrons. The van der Waals surface area contributed by atoms with Crippen LogP contribution in [-0.2, 0) is 29.9 Å². The van der Waals surface area contributed by atoms with E-state index in [1.165, 1.54) is 57.6 Å². The number of halogens is 4. The van der Waals surface area contributed by atoms with Gasteiger partial charge in [0.05, 0.1) is 32.4 Å². The third-order valence-electron chi connectivity index (χ3n) is 7.03. The molecule has 46 heavy (non-hydrogen) atoms. The van der Waals surface area contributed by atoms with E-state index >= 15 is 0 Å². The summed E-state index contributed by atoms with van der Waals surface area (Å²) in [7, 11) is -0.0411. The van der Waals surface area contributed by atoms with Crippen molar-refractivity contribution in [1.29, 1.82) is 0 Å². The van der Waals surface area contributed by atoms with Gasteiger partial charge in [0.25, 0.3) is 15.9 Å². The lowest BCUT2D eigenvalue weighted by Crippen LogP contribution is -2.59. The predicted octanol–water partition coefficient (Wildman–Crippen LogP) is 3.16. The van der Waals surface area contributed by atoms with Crippen molar-refractivity contribution < 1.29 is 50.2 Å². The Morgan fingerprint density at radius 3 is 2.28 bits per heavy atom. The lowest BCUT2D eigenvalue weighted by atomic mass is 9.82. The Morgan fingerprint density at radius 1 is 1.02 bits per heavy atom. The number of ether oxygens (including phenoxy) is 3. The van der Waals surface area contributed by atoms with Gasteiger partial charge < -0.3 is 24.8 Å². The lowest BCUT2D eigenvalue weighted by molar-refractivity contribution is -0.275. The number of benzene rings is 3. The fourth-order valence-electron chi connectivity index (χ4n) is 5.14. The number of hydrogen-bond acceptors (Lipinski definition) is 9. The Balaban J connectivity index is 2.08. The SMILES string of the molecule is COc1ccc(S(=O)(=O)N2C(=O)C(N[C@@H](CC(N)=O)C(=O)N(C)C)(c3ccccc3OC)c3cc(Cl)ccc32)c(OC(F)(F)F)c1. The summed E-state index contributed by atoms with van der Waals surface area (Å²) in [4.78, 5) is 40.4. The first kappa shape index (κ1) is 34.3. The van der Waals surface area contributed by atoms with Crippen LogP contribution in [0.25, 0.3) is 0 Å². The Labute approximate surface area is 266 Å². The molecule has 3 aromatic carbocycles. The van der Waals surface area contributed by atoms with Gasteiger partial charge in [-0.3, -0.25) is 19.7 Å². The van der Waals surface area contributed by atoms with Crippen LogP contribution in [0.4, 0.5) is 18.9 Å². The van der Waals surface area contributed by atoms with Crippen LogP contribution in [0.15, 0.2) is 65.6 Å². The number of anilines is 1. The molecule has 1 unspecified atom stereocenters. The lowest BCUT2D eigenvalue weighted by Gasteiger charge is -2.35. The number of carbonyl (C=O) groups is 3. The molecule has 3 N–H and O–H groups in total. The van der Waals surface area contributed by atoms with E-state index in [1.807, 2.05) is 0 Å². The highest BCUT2D eigenvalue weighted by Crippen LogP contribution is 2.51. The number of methoxy groups -OCH3 is 2. The summed E-state index contributed by atoms with van der Waals surface area (Å²) in [5, 5.41) is 2.90. The van der Waals surface area contributed by atoms with Crippen LogP contribution in [0.5, 0.6) is 17.2 Å². The second-order valence-corrected chi connectivity index (χ2v) is 12.3.